The number of aryl methyl sites for hydroxylation is 1. The number of fused-ring (bicyclic) bond motifs is 1. The standard InChI is InChI=1S/C15H22S2/c1-4-6-7-12(5-2)9-13-10-15-14(17-13)8-11(3)16-15/h8,10,12H,4-7,9H2,1-3H3. The zero-order valence-electron chi connectivity index (χ0n) is 11.1. The van der Waals surface area contributed by atoms with Crippen LogP contribution in [0.3, 0.4) is 0 Å². The minimum atomic E-state index is 0.892. The van der Waals surface area contributed by atoms with Crippen molar-refractivity contribution in [1.82, 2.24) is 0 Å². The molecule has 0 saturated heterocycles. The normalized spacial score (nSPS) is 13.4. The minimum absolute atomic E-state index is 0.892. The molecule has 0 amide bonds. The molecule has 0 aliphatic carbocycles. The van der Waals surface area contributed by atoms with Gasteiger partial charge in [-0.2, -0.15) is 0 Å². The highest BCUT2D eigenvalue weighted by molar-refractivity contribution is 7.27. The number of thiophene rings is 2. The van der Waals surface area contributed by atoms with E-state index in [4.69, 9.17) is 0 Å². The fourth-order valence-corrected chi connectivity index (χ4v) is 4.79. The average molecular weight is 266 g/mol. The van der Waals surface area contributed by atoms with Gasteiger partial charge in [0.25, 0.3) is 0 Å². The second-order valence-electron chi connectivity index (χ2n) is 4.92. The monoisotopic (exact) mass is 266 g/mol. The Morgan fingerprint density at radius 2 is 1.88 bits per heavy atom. The van der Waals surface area contributed by atoms with E-state index >= 15 is 0 Å². The van der Waals surface area contributed by atoms with Crippen molar-refractivity contribution in [3.63, 3.8) is 0 Å². The number of unbranched alkanes of at least 4 members (excludes halogenated alkanes) is 1. The lowest BCUT2D eigenvalue weighted by Crippen LogP contribution is -2.01. The molecule has 0 aliphatic heterocycles. The zero-order chi connectivity index (χ0) is 12.3. The Balaban J connectivity index is 2.03. The van der Waals surface area contributed by atoms with Gasteiger partial charge in [-0.3, -0.25) is 0 Å². The van der Waals surface area contributed by atoms with E-state index in [1.807, 2.05) is 22.7 Å². The lowest BCUT2D eigenvalue weighted by atomic mass is 9.95. The molecule has 0 saturated carbocycles. The summed E-state index contributed by atoms with van der Waals surface area (Å²) in [6, 6.07) is 4.76. The van der Waals surface area contributed by atoms with Gasteiger partial charge < -0.3 is 0 Å². The topological polar surface area (TPSA) is 0 Å². The van der Waals surface area contributed by atoms with Crippen molar-refractivity contribution in [2.45, 2.75) is 52.9 Å². The Morgan fingerprint density at radius 3 is 2.53 bits per heavy atom. The van der Waals surface area contributed by atoms with E-state index < -0.39 is 0 Å². The van der Waals surface area contributed by atoms with E-state index in [0.29, 0.717) is 0 Å². The van der Waals surface area contributed by atoms with Crippen molar-refractivity contribution < 1.29 is 0 Å². The van der Waals surface area contributed by atoms with Crippen molar-refractivity contribution >= 4 is 32.1 Å². The summed E-state index contributed by atoms with van der Waals surface area (Å²) in [7, 11) is 0. The number of rotatable bonds is 6. The molecule has 2 heterocycles. The summed E-state index contributed by atoms with van der Waals surface area (Å²) >= 11 is 3.94. The van der Waals surface area contributed by atoms with Gasteiger partial charge in [-0.05, 0) is 31.4 Å². The molecule has 0 fully saturated rings. The molecule has 94 valence electrons. The van der Waals surface area contributed by atoms with Crippen molar-refractivity contribution in [3.8, 4) is 0 Å². The Bertz CT molecular complexity index is 433. The molecule has 0 aliphatic rings. The first-order chi connectivity index (χ1) is 8.22. The summed E-state index contributed by atoms with van der Waals surface area (Å²) in [5, 5.41) is 0. The van der Waals surface area contributed by atoms with Crippen LogP contribution < -0.4 is 0 Å². The minimum Gasteiger partial charge on any atom is -0.140 e. The second-order valence-corrected chi connectivity index (χ2v) is 7.38. The molecule has 0 radical (unpaired) electrons. The van der Waals surface area contributed by atoms with Crippen LogP contribution in [0.4, 0.5) is 0 Å². The van der Waals surface area contributed by atoms with E-state index in [1.54, 1.807) is 4.88 Å². The van der Waals surface area contributed by atoms with Gasteiger partial charge in [-0.15, -0.1) is 22.7 Å². The van der Waals surface area contributed by atoms with Gasteiger partial charge in [0.15, 0.2) is 0 Å². The molecule has 17 heavy (non-hydrogen) atoms. The van der Waals surface area contributed by atoms with Gasteiger partial charge in [0.2, 0.25) is 0 Å². The van der Waals surface area contributed by atoms with Crippen molar-refractivity contribution in [3.05, 3.63) is 21.9 Å². The van der Waals surface area contributed by atoms with Gasteiger partial charge in [0, 0.05) is 19.2 Å². The van der Waals surface area contributed by atoms with Crippen LogP contribution in [0.25, 0.3) is 9.40 Å². The Labute approximate surface area is 113 Å². The van der Waals surface area contributed by atoms with Crippen LogP contribution in [-0.4, -0.2) is 0 Å². The highest BCUT2D eigenvalue weighted by atomic mass is 32.1. The van der Waals surface area contributed by atoms with Crippen molar-refractivity contribution in [1.29, 1.82) is 0 Å². The van der Waals surface area contributed by atoms with Gasteiger partial charge in [0.05, 0.1) is 0 Å². The molecule has 2 aromatic heterocycles. The third-order valence-corrected chi connectivity index (χ3v) is 5.65. The molecule has 0 nitrogen and oxygen atoms in total. The summed E-state index contributed by atoms with van der Waals surface area (Å²) in [5.41, 5.74) is 0. The third kappa shape index (κ3) is 3.32. The van der Waals surface area contributed by atoms with Crippen molar-refractivity contribution in [2.75, 3.05) is 0 Å². The molecule has 2 aromatic rings. The largest absolute Gasteiger partial charge is 0.140 e. The molecule has 1 unspecified atom stereocenters. The zero-order valence-corrected chi connectivity index (χ0v) is 12.7. The first kappa shape index (κ1) is 13.1. The van der Waals surface area contributed by atoms with Gasteiger partial charge in [0.1, 0.15) is 0 Å². The summed E-state index contributed by atoms with van der Waals surface area (Å²) in [6.07, 6.45) is 6.73. The fourth-order valence-electron chi connectivity index (χ4n) is 2.33. The Kier molecular flexibility index (Phi) is 4.63. The lowest BCUT2D eigenvalue weighted by Gasteiger charge is -2.12. The second kappa shape index (κ2) is 6.01. The van der Waals surface area contributed by atoms with Crippen LogP contribution in [0.15, 0.2) is 12.1 Å². The first-order valence-corrected chi connectivity index (χ1v) is 8.35. The molecular weight excluding hydrogens is 244 g/mol. The lowest BCUT2D eigenvalue weighted by molar-refractivity contribution is 0.452. The maximum absolute atomic E-state index is 2.42. The van der Waals surface area contributed by atoms with Gasteiger partial charge in [-0.1, -0.05) is 39.5 Å². The smallest absolute Gasteiger partial charge is 0.0456 e. The van der Waals surface area contributed by atoms with E-state index in [-0.39, 0.29) is 0 Å². The quantitative estimate of drug-likeness (QED) is 0.599. The summed E-state index contributed by atoms with van der Waals surface area (Å²) in [4.78, 5) is 3.03. The molecule has 1 atom stereocenters. The molecule has 0 spiro atoms. The predicted molar refractivity (Wildman–Crippen MR) is 81.4 cm³/mol. The van der Waals surface area contributed by atoms with Crippen LogP contribution in [0.5, 0.6) is 0 Å². The maximum atomic E-state index is 2.42. The Hall–Kier alpha value is -0.340. The summed E-state index contributed by atoms with van der Waals surface area (Å²) in [5.74, 6) is 0.892. The first-order valence-electron chi connectivity index (χ1n) is 6.71. The third-order valence-electron chi connectivity index (χ3n) is 3.41. The van der Waals surface area contributed by atoms with E-state index in [9.17, 15) is 0 Å². The molecule has 2 rings (SSSR count). The Morgan fingerprint density at radius 1 is 1.12 bits per heavy atom. The fraction of sp³-hybridized carbons (Fsp3) is 0.600. The molecule has 0 N–H and O–H groups in total. The average Bonchev–Trinajstić information content (AvgIpc) is 2.80. The predicted octanol–water partition coefficient (Wildman–Crippen LogP) is 6.03. The molecule has 0 bridgehead atoms. The highest BCUT2D eigenvalue weighted by Crippen LogP contribution is 2.34. The summed E-state index contributed by atoms with van der Waals surface area (Å²) in [6.45, 7) is 6.82. The molecule has 2 heteroatoms. The molecule has 0 aromatic carbocycles. The van der Waals surface area contributed by atoms with E-state index in [2.05, 4.69) is 32.9 Å². The number of hydrogen-bond acceptors (Lipinski definition) is 2. The van der Waals surface area contributed by atoms with E-state index in [1.165, 1.54) is 46.4 Å². The number of hydrogen-bond donors (Lipinski definition) is 0. The molecular formula is C15H22S2. The van der Waals surface area contributed by atoms with Crippen LogP contribution in [0.1, 0.15) is 49.3 Å². The SMILES string of the molecule is CCCCC(CC)Cc1cc2sc(C)cc2s1. The van der Waals surface area contributed by atoms with Gasteiger partial charge >= 0.3 is 0 Å². The van der Waals surface area contributed by atoms with E-state index in [0.717, 1.165) is 5.92 Å². The van der Waals surface area contributed by atoms with Crippen LogP contribution in [-0.2, 0) is 6.42 Å². The van der Waals surface area contributed by atoms with Crippen LogP contribution in [0, 0.1) is 12.8 Å². The maximum Gasteiger partial charge on any atom is 0.0456 e. The van der Waals surface area contributed by atoms with Crippen LogP contribution >= 0.6 is 22.7 Å². The summed E-state index contributed by atoms with van der Waals surface area (Å²) < 4.78 is 2.99. The van der Waals surface area contributed by atoms with Crippen molar-refractivity contribution in [2.24, 2.45) is 5.92 Å². The highest BCUT2D eigenvalue weighted by Gasteiger charge is 2.10. The van der Waals surface area contributed by atoms with Crippen LogP contribution in [0.2, 0.25) is 0 Å². The van der Waals surface area contributed by atoms with Gasteiger partial charge in [-0.25, -0.2) is 0 Å².